The lowest BCUT2D eigenvalue weighted by molar-refractivity contribution is 0.379. The predicted octanol–water partition coefficient (Wildman–Crippen LogP) is 3.17. The van der Waals surface area contributed by atoms with Crippen LogP contribution >= 0.6 is 11.8 Å². The number of hydrogen-bond donors (Lipinski definition) is 0. The van der Waals surface area contributed by atoms with Gasteiger partial charge in [0.15, 0.2) is 0 Å². The van der Waals surface area contributed by atoms with Crippen molar-refractivity contribution in [2.24, 2.45) is 17.8 Å². The predicted molar refractivity (Wildman–Crippen MR) is 51.9 cm³/mol. The summed E-state index contributed by atoms with van der Waals surface area (Å²) < 4.78 is 0. The molecule has 2 fully saturated rings. The van der Waals surface area contributed by atoms with Gasteiger partial charge in [-0.2, -0.15) is 11.8 Å². The van der Waals surface area contributed by atoms with E-state index in [2.05, 4.69) is 24.9 Å². The standard InChI is InChI=1S/C10H18S/c1-7-3-4-9-8(7)5-6-10(9)11-2/h7-10H,3-6H2,1-2H3. The van der Waals surface area contributed by atoms with Crippen LogP contribution in [0.1, 0.15) is 32.6 Å². The molecule has 64 valence electrons. The molecule has 1 heteroatoms. The minimum Gasteiger partial charge on any atom is -0.162 e. The molecule has 0 aromatic heterocycles. The summed E-state index contributed by atoms with van der Waals surface area (Å²) in [6, 6.07) is 0. The average Bonchev–Trinajstić information content (AvgIpc) is 2.53. The van der Waals surface area contributed by atoms with Crippen molar-refractivity contribution in [2.75, 3.05) is 6.26 Å². The summed E-state index contributed by atoms with van der Waals surface area (Å²) in [5.74, 6) is 3.24. The Hall–Kier alpha value is 0.350. The van der Waals surface area contributed by atoms with E-state index in [0.29, 0.717) is 0 Å². The molecule has 4 unspecified atom stereocenters. The van der Waals surface area contributed by atoms with Crippen LogP contribution in [0.3, 0.4) is 0 Å². The van der Waals surface area contributed by atoms with E-state index in [0.717, 1.165) is 23.0 Å². The molecular formula is C10H18S. The molecule has 0 spiro atoms. The SMILES string of the molecule is CSC1CCC2C(C)CCC12. The lowest BCUT2D eigenvalue weighted by Gasteiger charge is -2.16. The maximum atomic E-state index is 2.45. The number of rotatable bonds is 1. The van der Waals surface area contributed by atoms with Gasteiger partial charge in [0, 0.05) is 5.25 Å². The van der Waals surface area contributed by atoms with Crippen molar-refractivity contribution in [1.82, 2.24) is 0 Å². The molecule has 0 aromatic carbocycles. The van der Waals surface area contributed by atoms with Crippen molar-refractivity contribution < 1.29 is 0 Å². The van der Waals surface area contributed by atoms with Gasteiger partial charge in [0.25, 0.3) is 0 Å². The number of hydrogen-bond acceptors (Lipinski definition) is 1. The molecule has 0 amide bonds. The molecule has 0 aliphatic heterocycles. The lowest BCUT2D eigenvalue weighted by atomic mass is 9.94. The first kappa shape index (κ1) is 7.97. The van der Waals surface area contributed by atoms with E-state index < -0.39 is 0 Å². The fraction of sp³-hybridized carbons (Fsp3) is 1.00. The Balaban J connectivity index is 2.04. The third kappa shape index (κ3) is 1.22. The average molecular weight is 170 g/mol. The summed E-state index contributed by atoms with van der Waals surface area (Å²) >= 11 is 2.11. The van der Waals surface area contributed by atoms with Crippen LogP contribution in [0.2, 0.25) is 0 Å². The second kappa shape index (κ2) is 3.01. The van der Waals surface area contributed by atoms with E-state index in [1.165, 1.54) is 25.7 Å². The third-order valence-corrected chi connectivity index (χ3v) is 4.99. The van der Waals surface area contributed by atoms with Crippen molar-refractivity contribution >= 4 is 11.8 Å². The Morgan fingerprint density at radius 3 is 2.45 bits per heavy atom. The number of thioether (sulfide) groups is 1. The van der Waals surface area contributed by atoms with E-state index in [1.54, 1.807) is 0 Å². The van der Waals surface area contributed by atoms with Crippen LogP contribution < -0.4 is 0 Å². The Bertz CT molecular complexity index is 144. The highest BCUT2D eigenvalue weighted by Gasteiger charge is 2.42. The normalized spacial score (nSPS) is 49.6. The first-order valence-corrected chi connectivity index (χ1v) is 6.14. The maximum absolute atomic E-state index is 2.45. The van der Waals surface area contributed by atoms with Crippen molar-refractivity contribution in [3.05, 3.63) is 0 Å². The molecule has 0 bridgehead atoms. The first-order valence-electron chi connectivity index (χ1n) is 4.85. The zero-order chi connectivity index (χ0) is 7.84. The van der Waals surface area contributed by atoms with Crippen LogP contribution in [0, 0.1) is 17.8 Å². The van der Waals surface area contributed by atoms with Gasteiger partial charge in [-0.3, -0.25) is 0 Å². The Labute approximate surface area is 74.1 Å². The minimum absolute atomic E-state index is 1.02. The molecule has 0 N–H and O–H groups in total. The highest BCUT2D eigenvalue weighted by molar-refractivity contribution is 7.99. The van der Waals surface area contributed by atoms with Gasteiger partial charge >= 0.3 is 0 Å². The van der Waals surface area contributed by atoms with E-state index >= 15 is 0 Å². The second-order valence-corrected chi connectivity index (χ2v) is 5.31. The fourth-order valence-corrected chi connectivity index (χ4v) is 4.19. The van der Waals surface area contributed by atoms with Crippen LogP contribution in [0.15, 0.2) is 0 Å². The molecule has 2 rings (SSSR count). The van der Waals surface area contributed by atoms with Crippen LogP contribution in [0.5, 0.6) is 0 Å². The summed E-state index contributed by atoms with van der Waals surface area (Å²) in [6.45, 7) is 2.45. The van der Waals surface area contributed by atoms with Gasteiger partial charge in [-0.05, 0) is 43.3 Å². The van der Waals surface area contributed by atoms with Crippen molar-refractivity contribution in [1.29, 1.82) is 0 Å². The summed E-state index contributed by atoms with van der Waals surface area (Å²) in [6.07, 6.45) is 8.35. The largest absolute Gasteiger partial charge is 0.162 e. The van der Waals surface area contributed by atoms with Gasteiger partial charge in [-0.15, -0.1) is 0 Å². The molecule has 0 aromatic rings. The molecule has 4 atom stereocenters. The van der Waals surface area contributed by atoms with Gasteiger partial charge in [0.1, 0.15) is 0 Å². The third-order valence-electron chi connectivity index (χ3n) is 3.80. The highest BCUT2D eigenvalue weighted by atomic mass is 32.2. The molecule has 2 aliphatic carbocycles. The Morgan fingerprint density at radius 2 is 1.73 bits per heavy atom. The molecule has 0 radical (unpaired) electrons. The summed E-state index contributed by atoms with van der Waals surface area (Å²) in [7, 11) is 0. The van der Waals surface area contributed by atoms with E-state index in [-0.39, 0.29) is 0 Å². The molecule has 0 nitrogen and oxygen atoms in total. The zero-order valence-corrected chi connectivity index (χ0v) is 8.36. The summed E-state index contributed by atoms with van der Waals surface area (Å²) in [5.41, 5.74) is 0. The van der Waals surface area contributed by atoms with Gasteiger partial charge in [0.2, 0.25) is 0 Å². The lowest BCUT2D eigenvalue weighted by Crippen LogP contribution is -2.12. The first-order chi connectivity index (χ1) is 5.33. The van der Waals surface area contributed by atoms with Crippen molar-refractivity contribution in [3.8, 4) is 0 Å². The molecule has 2 saturated carbocycles. The topological polar surface area (TPSA) is 0 Å². The van der Waals surface area contributed by atoms with E-state index in [9.17, 15) is 0 Å². The number of fused-ring (bicyclic) bond motifs is 1. The quantitative estimate of drug-likeness (QED) is 0.582. The molecular weight excluding hydrogens is 152 g/mol. The van der Waals surface area contributed by atoms with Crippen molar-refractivity contribution in [2.45, 2.75) is 37.9 Å². The van der Waals surface area contributed by atoms with Crippen LogP contribution in [0.4, 0.5) is 0 Å². The fourth-order valence-electron chi connectivity index (χ4n) is 3.13. The monoisotopic (exact) mass is 170 g/mol. The van der Waals surface area contributed by atoms with E-state index in [1.807, 2.05) is 0 Å². The van der Waals surface area contributed by atoms with Gasteiger partial charge in [-0.25, -0.2) is 0 Å². The van der Waals surface area contributed by atoms with Gasteiger partial charge in [0.05, 0.1) is 0 Å². The van der Waals surface area contributed by atoms with E-state index in [4.69, 9.17) is 0 Å². The van der Waals surface area contributed by atoms with Gasteiger partial charge in [-0.1, -0.05) is 13.3 Å². The Morgan fingerprint density at radius 1 is 1.00 bits per heavy atom. The summed E-state index contributed by atoms with van der Waals surface area (Å²) in [4.78, 5) is 0. The molecule has 0 heterocycles. The van der Waals surface area contributed by atoms with Crippen molar-refractivity contribution in [3.63, 3.8) is 0 Å². The molecule has 2 aliphatic rings. The highest BCUT2D eigenvalue weighted by Crippen LogP contribution is 2.50. The maximum Gasteiger partial charge on any atom is 0.00753 e. The Kier molecular flexibility index (Phi) is 2.18. The van der Waals surface area contributed by atoms with Crippen LogP contribution in [-0.4, -0.2) is 11.5 Å². The van der Waals surface area contributed by atoms with Crippen LogP contribution in [-0.2, 0) is 0 Å². The minimum atomic E-state index is 1.02. The smallest absolute Gasteiger partial charge is 0.00753 e. The van der Waals surface area contributed by atoms with Gasteiger partial charge < -0.3 is 0 Å². The van der Waals surface area contributed by atoms with Crippen LogP contribution in [0.25, 0.3) is 0 Å². The second-order valence-electron chi connectivity index (χ2n) is 4.23. The summed E-state index contributed by atoms with van der Waals surface area (Å²) in [5, 5.41) is 1.02. The molecule has 0 saturated heterocycles. The zero-order valence-electron chi connectivity index (χ0n) is 7.55. The molecule has 11 heavy (non-hydrogen) atoms.